The Hall–Kier alpha value is -3.67. The molecule has 0 unspecified atom stereocenters. The number of carbonyl (C=O) groups excluding carboxylic acids is 2. The molecule has 0 saturated heterocycles. The van der Waals surface area contributed by atoms with Crippen molar-refractivity contribution in [1.29, 1.82) is 0 Å². The topological polar surface area (TPSA) is 129 Å². The molecule has 2 aliphatic carbocycles. The van der Waals surface area contributed by atoms with Crippen molar-refractivity contribution in [2.45, 2.75) is 57.3 Å². The average Bonchev–Trinajstić information content (AvgIpc) is 3.50. The van der Waals surface area contributed by atoms with Crippen LogP contribution >= 0.6 is 0 Å². The number of aryl methyl sites for hydroxylation is 1. The second-order valence-corrected chi connectivity index (χ2v) is 9.94. The van der Waals surface area contributed by atoms with E-state index in [-0.39, 0.29) is 40.6 Å². The highest BCUT2D eigenvalue weighted by atomic mass is 19.4. The zero-order chi connectivity index (χ0) is 27.0. The zero-order valence-electron chi connectivity index (χ0n) is 20.7. The number of halogens is 3. The molecule has 12 heteroatoms. The number of aliphatic hydroxyl groups is 1. The predicted molar refractivity (Wildman–Crippen MR) is 131 cm³/mol. The SMILES string of the molecule is Cc1[nH]c2c(-c3cc(C(F)(F)F)ccc3OCC3CC3)ncnc2c1C(=O)N[C@H]1CC[C@@H](NC(=O)CO)C1. The van der Waals surface area contributed by atoms with Gasteiger partial charge < -0.3 is 25.5 Å². The molecule has 4 N–H and O–H groups in total. The smallest absolute Gasteiger partial charge is 0.416 e. The molecular formula is C26H28F3N5O4. The van der Waals surface area contributed by atoms with Crippen LogP contribution in [0.1, 0.15) is 53.7 Å². The van der Waals surface area contributed by atoms with E-state index in [9.17, 15) is 22.8 Å². The van der Waals surface area contributed by atoms with Gasteiger partial charge in [-0.15, -0.1) is 0 Å². The molecule has 1 aromatic carbocycles. The van der Waals surface area contributed by atoms with Crippen molar-refractivity contribution in [1.82, 2.24) is 25.6 Å². The summed E-state index contributed by atoms with van der Waals surface area (Å²) in [6.07, 6.45) is 0.552. The van der Waals surface area contributed by atoms with Crippen molar-refractivity contribution in [3.63, 3.8) is 0 Å². The lowest BCUT2D eigenvalue weighted by Crippen LogP contribution is -2.38. The molecule has 2 amide bonds. The number of hydrogen-bond donors (Lipinski definition) is 4. The van der Waals surface area contributed by atoms with Gasteiger partial charge in [-0.3, -0.25) is 9.59 Å². The van der Waals surface area contributed by atoms with E-state index >= 15 is 0 Å². The molecule has 0 spiro atoms. The van der Waals surface area contributed by atoms with E-state index in [0.29, 0.717) is 48.5 Å². The number of amides is 2. The number of alkyl halides is 3. The number of aliphatic hydroxyl groups excluding tert-OH is 1. The first-order chi connectivity index (χ1) is 18.1. The molecule has 0 aliphatic heterocycles. The summed E-state index contributed by atoms with van der Waals surface area (Å²) in [6, 6.07) is 2.97. The van der Waals surface area contributed by atoms with Crippen LogP contribution in [-0.2, 0) is 11.0 Å². The molecule has 9 nitrogen and oxygen atoms in total. The molecule has 3 aromatic rings. The van der Waals surface area contributed by atoms with Crippen molar-refractivity contribution in [2.24, 2.45) is 5.92 Å². The molecule has 2 aliphatic rings. The Morgan fingerprint density at radius 2 is 1.87 bits per heavy atom. The van der Waals surface area contributed by atoms with Gasteiger partial charge >= 0.3 is 6.18 Å². The molecule has 2 heterocycles. The van der Waals surface area contributed by atoms with Gasteiger partial charge in [-0.05, 0) is 63.1 Å². The largest absolute Gasteiger partial charge is 0.493 e. The summed E-state index contributed by atoms with van der Waals surface area (Å²) in [5, 5.41) is 14.6. The van der Waals surface area contributed by atoms with Crippen LogP contribution < -0.4 is 15.4 Å². The molecule has 2 atom stereocenters. The van der Waals surface area contributed by atoms with E-state index in [1.54, 1.807) is 6.92 Å². The molecular weight excluding hydrogens is 503 g/mol. The van der Waals surface area contributed by atoms with Gasteiger partial charge in [0.2, 0.25) is 5.91 Å². The minimum absolute atomic E-state index is 0.145. The first-order valence-corrected chi connectivity index (χ1v) is 12.5. The fraction of sp³-hybridized carbons (Fsp3) is 0.462. The number of carbonyl (C=O) groups is 2. The molecule has 5 rings (SSSR count). The Balaban J connectivity index is 1.45. The number of H-pyrrole nitrogens is 1. The quantitative estimate of drug-likeness (QED) is 0.352. The molecule has 2 aromatic heterocycles. The van der Waals surface area contributed by atoms with E-state index in [4.69, 9.17) is 9.84 Å². The number of rotatable bonds is 8. The Bertz CT molecular complexity index is 1370. The van der Waals surface area contributed by atoms with Crippen molar-refractivity contribution in [3.05, 3.63) is 41.3 Å². The fourth-order valence-electron chi connectivity index (χ4n) is 4.89. The summed E-state index contributed by atoms with van der Waals surface area (Å²) < 4.78 is 46.6. The summed E-state index contributed by atoms with van der Waals surface area (Å²) in [6.45, 7) is 1.50. The van der Waals surface area contributed by atoms with Crippen LogP contribution in [0.15, 0.2) is 24.5 Å². The van der Waals surface area contributed by atoms with Crippen LogP contribution in [0.3, 0.4) is 0 Å². The maximum atomic E-state index is 13.6. The minimum Gasteiger partial charge on any atom is -0.493 e. The number of nitrogens with one attached hydrogen (secondary N) is 3. The predicted octanol–water partition coefficient (Wildman–Crippen LogP) is 3.50. The zero-order valence-corrected chi connectivity index (χ0v) is 20.7. The Morgan fingerprint density at radius 1 is 1.13 bits per heavy atom. The Kier molecular flexibility index (Phi) is 6.99. The number of fused-ring (bicyclic) bond motifs is 1. The van der Waals surface area contributed by atoms with Gasteiger partial charge in [0, 0.05) is 23.3 Å². The summed E-state index contributed by atoms with van der Waals surface area (Å²) >= 11 is 0. The van der Waals surface area contributed by atoms with Crippen LogP contribution in [0.2, 0.25) is 0 Å². The van der Waals surface area contributed by atoms with E-state index in [2.05, 4.69) is 25.6 Å². The molecule has 0 bridgehead atoms. The second-order valence-electron chi connectivity index (χ2n) is 9.94. The Morgan fingerprint density at radius 3 is 2.55 bits per heavy atom. The highest BCUT2D eigenvalue weighted by Gasteiger charge is 2.33. The molecule has 202 valence electrons. The van der Waals surface area contributed by atoms with Gasteiger partial charge in [0.05, 0.1) is 23.3 Å². The number of hydrogen-bond acceptors (Lipinski definition) is 6. The van der Waals surface area contributed by atoms with E-state index in [0.717, 1.165) is 25.0 Å². The fourth-order valence-corrected chi connectivity index (χ4v) is 4.89. The normalized spacial score (nSPS) is 19.5. The van der Waals surface area contributed by atoms with Gasteiger partial charge in [0.15, 0.2) is 0 Å². The van der Waals surface area contributed by atoms with Crippen LogP contribution in [-0.4, -0.2) is 57.2 Å². The lowest BCUT2D eigenvalue weighted by Gasteiger charge is -2.15. The van der Waals surface area contributed by atoms with Gasteiger partial charge in [-0.1, -0.05) is 0 Å². The van der Waals surface area contributed by atoms with Crippen LogP contribution in [0, 0.1) is 12.8 Å². The van der Waals surface area contributed by atoms with Crippen molar-refractivity contribution < 1.29 is 32.6 Å². The lowest BCUT2D eigenvalue weighted by atomic mass is 10.0. The standard InChI is InChI=1S/C26H28F3N5O4/c1-13-21(25(37)34-17-6-5-16(9-17)33-20(36)10-35)23-24(32-13)22(30-12-31-23)18-8-15(26(27,28)29)4-7-19(18)38-11-14-2-3-14/h4,7-8,12,14,16-17,32,35H,2-3,5-6,9-11H2,1H3,(H,33,36)(H,34,37)/t16-,17+/m1/s1. The maximum Gasteiger partial charge on any atom is 0.416 e. The van der Waals surface area contributed by atoms with Crippen LogP contribution in [0.5, 0.6) is 5.75 Å². The van der Waals surface area contributed by atoms with E-state index in [1.165, 1.54) is 12.4 Å². The maximum absolute atomic E-state index is 13.6. The highest BCUT2D eigenvalue weighted by Crippen LogP contribution is 2.40. The van der Waals surface area contributed by atoms with Crippen molar-refractivity contribution in [2.75, 3.05) is 13.2 Å². The third-order valence-corrected chi connectivity index (χ3v) is 7.01. The molecule has 0 radical (unpaired) electrons. The van der Waals surface area contributed by atoms with Crippen LogP contribution in [0.4, 0.5) is 13.2 Å². The summed E-state index contributed by atoms with van der Waals surface area (Å²) in [5.41, 5.74) is 0.946. The van der Waals surface area contributed by atoms with E-state index in [1.807, 2.05) is 0 Å². The molecule has 2 fully saturated rings. The lowest BCUT2D eigenvalue weighted by molar-refractivity contribution is -0.137. The third-order valence-electron chi connectivity index (χ3n) is 7.01. The molecule has 38 heavy (non-hydrogen) atoms. The monoisotopic (exact) mass is 531 g/mol. The van der Waals surface area contributed by atoms with Gasteiger partial charge in [-0.25, -0.2) is 9.97 Å². The first-order valence-electron chi connectivity index (χ1n) is 12.5. The third kappa shape index (κ3) is 5.45. The van der Waals surface area contributed by atoms with Crippen molar-refractivity contribution in [3.8, 4) is 17.0 Å². The first kappa shape index (κ1) is 26.0. The summed E-state index contributed by atoms with van der Waals surface area (Å²) in [5.74, 6) is -0.170. The van der Waals surface area contributed by atoms with Gasteiger partial charge in [0.25, 0.3) is 5.91 Å². The highest BCUT2D eigenvalue weighted by molar-refractivity contribution is 6.09. The van der Waals surface area contributed by atoms with Crippen molar-refractivity contribution >= 4 is 22.8 Å². The summed E-state index contributed by atoms with van der Waals surface area (Å²) in [7, 11) is 0. The second kappa shape index (κ2) is 10.2. The number of aromatic amines is 1. The average molecular weight is 532 g/mol. The molecule has 2 saturated carbocycles. The summed E-state index contributed by atoms with van der Waals surface area (Å²) in [4.78, 5) is 36.4. The van der Waals surface area contributed by atoms with Gasteiger partial charge in [0.1, 0.15) is 29.9 Å². The van der Waals surface area contributed by atoms with Crippen LogP contribution in [0.25, 0.3) is 22.3 Å². The number of nitrogens with zero attached hydrogens (tertiary/aromatic N) is 2. The van der Waals surface area contributed by atoms with Gasteiger partial charge in [-0.2, -0.15) is 13.2 Å². The Labute approximate surface area is 216 Å². The number of benzene rings is 1. The minimum atomic E-state index is -4.55. The number of aromatic nitrogens is 3. The van der Waals surface area contributed by atoms with E-state index < -0.39 is 24.3 Å². The number of ether oxygens (including phenoxy) is 1.